The number of aliphatic hydroxyl groups is 1. The quantitative estimate of drug-likeness (QED) is 0.643. The lowest BCUT2D eigenvalue weighted by atomic mass is 9.77. The van der Waals surface area contributed by atoms with Crippen molar-refractivity contribution in [2.24, 2.45) is 11.8 Å². The number of aliphatic hydroxyl groups excluding tert-OH is 1. The third kappa shape index (κ3) is 1.99. The highest BCUT2D eigenvalue weighted by atomic mass is 16.3. The fourth-order valence-corrected chi connectivity index (χ4v) is 2.65. The molecule has 12 heavy (non-hydrogen) atoms. The van der Waals surface area contributed by atoms with Crippen LogP contribution in [-0.4, -0.2) is 36.2 Å². The molecule has 1 N–H and O–H groups in total. The molecule has 0 bridgehead atoms. The van der Waals surface area contributed by atoms with E-state index < -0.39 is 0 Å². The van der Waals surface area contributed by atoms with E-state index in [0.717, 1.165) is 6.42 Å². The van der Waals surface area contributed by atoms with Gasteiger partial charge in [0.15, 0.2) is 0 Å². The summed E-state index contributed by atoms with van der Waals surface area (Å²) in [6.45, 7) is 4.47. The summed E-state index contributed by atoms with van der Waals surface area (Å²) in [4.78, 5) is 2.15. The molecule has 1 saturated carbocycles. The Morgan fingerprint density at radius 1 is 1.17 bits per heavy atom. The van der Waals surface area contributed by atoms with E-state index in [1.807, 2.05) is 0 Å². The molecular weight excluding hydrogens is 150 g/mol. The minimum absolute atomic E-state index is 0.126. The lowest BCUT2D eigenvalue weighted by molar-refractivity contribution is -0.00440. The summed E-state index contributed by atoms with van der Waals surface area (Å²) in [5, 5.41) is 9.84. The molecule has 4 atom stereocenters. The number of likely N-dealkylation sites (N-methyl/N-ethyl adjacent to an activating group) is 1. The van der Waals surface area contributed by atoms with Crippen molar-refractivity contribution in [2.45, 2.75) is 38.8 Å². The summed E-state index contributed by atoms with van der Waals surface area (Å²) in [7, 11) is 4.11. The molecule has 0 aromatic rings. The van der Waals surface area contributed by atoms with Crippen molar-refractivity contribution in [1.82, 2.24) is 4.90 Å². The first kappa shape index (κ1) is 10.0. The van der Waals surface area contributed by atoms with Crippen LogP contribution in [0.5, 0.6) is 0 Å². The predicted molar refractivity (Wildman–Crippen MR) is 51.0 cm³/mol. The molecule has 4 unspecified atom stereocenters. The van der Waals surface area contributed by atoms with Crippen LogP contribution in [0.2, 0.25) is 0 Å². The smallest absolute Gasteiger partial charge is 0.0700 e. The highest BCUT2D eigenvalue weighted by Gasteiger charge is 2.33. The van der Waals surface area contributed by atoms with Crippen LogP contribution in [0.1, 0.15) is 26.7 Å². The molecule has 0 heterocycles. The molecule has 0 aliphatic heterocycles. The zero-order chi connectivity index (χ0) is 9.30. The summed E-state index contributed by atoms with van der Waals surface area (Å²) >= 11 is 0. The molecule has 1 aliphatic rings. The minimum Gasteiger partial charge on any atom is -0.391 e. The van der Waals surface area contributed by atoms with Crippen molar-refractivity contribution in [3.05, 3.63) is 0 Å². The Bertz CT molecular complexity index is 135. The molecule has 0 spiro atoms. The highest BCUT2D eigenvalue weighted by molar-refractivity contribution is 4.87. The van der Waals surface area contributed by atoms with Crippen molar-refractivity contribution >= 4 is 0 Å². The third-order valence-corrected chi connectivity index (χ3v) is 2.99. The Morgan fingerprint density at radius 2 is 1.75 bits per heavy atom. The fourth-order valence-electron chi connectivity index (χ4n) is 2.65. The van der Waals surface area contributed by atoms with Crippen LogP contribution < -0.4 is 0 Å². The van der Waals surface area contributed by atoms with Gasteiger partial charge in [-0.15, -0.1) is 0 Å². The number of nitrogens with zero attached hydrogens (tertiary/aromatic N) is 1. The molecule has 0 radical (unpaired) electrons. The third-order valence-electron chi connectivity index (χ3n) is 2.99. The highest BCUT2D eigenvalue weighted by Crippen LogP contribution is 2.31. The van der Waals surface area contributed by atoms with Gasteiger partial charge in [0.25, 0.3) is 0 Å². The minimum atomic E-state index is -0.126. The maximum absolute atomic E-state index is 9.84. The van der Waals surface area contributed by atoms with E-state index in [1.165, 1.54) is 6.42 Å². The van der Waals surface area contributed by atoms with Crippen LogP contribution in [0.3, 0.4) is 0 Å². The van der Waals surface area contributed by atoms with Crippen LogP contribution in [0.25, 0.3) is 0 Å². The van der Waals surface area contributed by atoms with Gasteiger partial charge in [-0.25, -0.2) is 0 Å². The SMILES string of the molecule is CC1CC(C)C(N(C)C)C(O)C1. The second-order valence-electron chi connectivity index (χ2n) is 4.58. The molecule has 1 fully saturated rings. The van der Waals surface area contributed by atoms with Gasteiger partial charge in [0, 0.05) is 6.04 Å². The van der Waals surface area contributed by atoms with E-state index in [0.29, 0.717) is 17.9 Å². The number of hydrogen-bond acceptors (Lipinski definition) is 2. The fraction of sp³-hybridized carbons (Fsp3) is 1.00. The first-order valence-electron chi connectivity index (χ1n) is 4.87. The van der Waals surface area contributed by atoms with Crippen molar-refractivity contribution in [2.75, 3.05) is 14.1 Å². The average Bonchev–Trinajstić information content (AvgIpc) is 1.82. The molecule has 0 saturated heterocycles. The van der Waals surface area contributed by atoms with Crippen LogP contribution in [0.4, 0.5) is 0 Å². The van der Waals surface area contributed by atoms with Crippen LogP contribution >= 0.6 is 0 Å². The summed E-state index contributed by atoms with van der Waals surface area (Å²) in [5.41, 5.74) is 0. The normalized spacial score (nSPS) is 43.5. The maximum atomic E-state index is 9.84. The Balaban J connectivity index is 2.60. The first-order chi connectivity index (χ1) is 5.52. The van der Waals surface area contributed by atoms with E-state index in [9.17, 15) is 5.11 Å². The zero-order valence-corrected chi connectivity index (χ0v) is 8.62. The Hall–Kier alpha value is -0.0800. The van der Waals surface area contributed by atoms with Gasteiger partial charge in [0.2, 0.25) is 0 Å². The van der Waals surface area contributed by atoms with Gasteiger partial charge < -0.3 is 10.0 Å². The van der Waals surface area contributed by atoms with Gasteiger partial charge in [-0.3, -0.25) is 0 Å². The van der Waals surface area contributed by atoms with E-state index in [2.05, 4.69) is 32.8 Å². The van der Waals surface area contributed by atoms with Crippen molar-refractivity contribution < 1.29 is 5.11 Å². The molecule has 2 heteroatoms. The van der Waals surface area contributed by atoms with Crippen molar-refractivity contribution in [1.29, 1.82) is 0 Å². The topological polar surface area (TPSA) is 23.5 Å². The molecule has 1 aliphatic carbocycles. The van der Waals surface area contributed by atoms with E-state index in [4.69, 9.17) is 0 Å². The molecule has 0 aromatic heterocycles. The van der Waals surface area contributed by atoms with Gasteiger partial charge >= 0.3 is 0 Å². The Kier molecular flexibility index (Phi) is 3.13. The van der Waals surface area contributed by atoms with E-state index >= 15 is 0 Å². The van der Waals surface area contributed by atoms with Gasteiger partial charge in [-0.1, -0.05) is 13.8 Å². The molecule has 72 valence electrons. The Morgan fingerprint density at radius 3 is 2.17 bits per heavy atom. The van der Waals surface area contributed by atoms with Crippen LogP contribution in [0, 0.1) is 11.8 Å². The molecular formula is C10H21NO. The first-order valence-corrected chi connectivity index (χ1v) is 4.87. The van der Waals surface area contributed by atoms with Crippen molar-refractivity contribution in [3.8, 4) is 0 Å². The summed E-state index contributed by atoms with van der Waals surface area (Å²) in [6, 6.07) is 0.362. The molecule has 0 amide bonds. The second-order valence-corrected chi connectivity index (χ2v) is 4.58. The summed E-state index contributed by atoms with van der Waals surface area (Å²) in [6.07, 6.45) is 2.09. The predicted octanol–water partition coefficient (Wildman–Crippen LogP) is 1.34. The zero-order valence-electron chi connectivity index (χ0n) is 8.62. The van der Waals surface area contributed by atoms with Gasteiger partial charge in [-0.05, 0) is 38.8 Å². The monoisotopic (exact) mass is 171 g/mol. The van der Waals surface area contributed by atoms with Crippen molar-refractivity contribution in [3.63, 3.8) is 0 Å². The summed E-state index contributed by atoms with van der Waals surface area (Å²) < 4.78 is 0. The average molecular weight is 171 g/mol. The second kappa shape index (κ2) is 3.75. The Labute approximate surface area is 75.6 Å². The summed E-state index contributed by atoms with van der Waals surface area (Å²) in [5.74, 6) is 1.31. The largest absolute Gasteiger partial charge is 0.391 e. The van der Waals surface area contributed by atoms with Gasteiger partial charge in [-0.2, -0.15) is 0 Å². The van der Waals surface area contributed by atoms with Crippen LogP contribution in [-0.2, 0) is 0 Å². The van der Waals surface area contributed by atoms with E-state index in [-0.39, 0.29) is 6.10 Å². The number of rotatable bonds is 1. The standard InChI is InChI=1S/C10H21NO/c1-7-5-8(2)10(11(3)4)9(12)6-7/h7-10,12H,5-6H2,1-4H3. The maximum Gasteiger partial charge on any atom is 0.0700 e. The van der Waals surface area contributed by atoms with Gasteiger partial charge in [0.1, 0.15) is 0 Å². The van der Waals surface area contributed by atoms with Crippen LogP contribution in [0.15, 0.2) is 0 Å². The molecule has 0 aromatic carbocycles. The lowest BCUT2D eigenvalue weighted by Gasteiger charge is -2.40. The van der Waals surface area contributed by atoms with Gasteiger partial charge in [0.05, 0.1) is 6.10 Å². The van der Waals surface area contributed by atoms with E-state index in [1.54, 1.807) is 0 Å². The molecule has 2 nitrogen and oxygen atoms in total. The lowest BCUT2D eigenvalue weighted by Crippen LogP contribution is -2.48. The number of hydrogen-bond donors (Lipinski definition) is 1. The molecule has 1 rings (SSSR count).